The molecule has 0 aromatic carbocycles. The van der Waals surface area contributed by atoms with E-state index in [1.54, 1.807) is 20.4 Å². The topological polar surface area (TPSA) is 43.4 Å². The Hall–Kier alpha value is -1.00. The van der Waals surface area contributed by atoms with Gasteiger partial charge in [-0.05, 0) is 31.6 Å². The molecule has 4 nitrogen and oxygen atoms in total. The van der Waals surface area contributed by atoms with Gasteiger partial charge in [0.2, 0.25) is 0 Å². The number of methoxy groups -OCH3 is 2. The molecule has 1 aromatic heterocycles. The molecule has 2 rings (SSSR count). The van der Waals surface area contributed by atoms with Gasteiger partial charge in [0.15, 0.2) is 11.5 Å². The average molecular weight is 313 g/mol. The third-order valence-corrected chi connectivity index (χ3v) is 5.00. The predicted molar refractivity (Wildman–Crippen MR) is 85.3 cm³/mol. The van der Waals surface area contributed by atoms with Crippen LogP contribution in [0.25, 0.3) is 0 Å². The summed E-state index contributed by atoms with van der Waals surface area (Å²) in [6.45, 7) is 2.95. The van der Waals surface area contributed by atoms with Gasteiger partial charge >= 0.3 is 0 Å². The van der Waals surface area contributed by atoms with E-state index in [4.69, 9.17) is 21.1 Å². The van der Waals surface area contributed by atoms with Crippen molar-refractivity contribution in [2.75, 3.05) is 20.1 Å². The molecule has 0 bridgehead atoms. The maximum Gasteiger partial charge on any atom is 0.183 e. The summed E-state index contributed by atoms with van der Waals surface area (Å²) in [6.07, 6.45) is 6.42. The van der Waals surface area contributed by atoms with Crippen LogP contribution in [0.15, 0.2) is 12.3 Å². The molecule has 1 aliphatic carbocycles. The van der Waals surface area contributed by atoms with E-state index in [1.165, 1.54) is 12.8 Å². The summed E-state index contributed by atoms with van der Waals surface area (Å²) in [5.41, 5.74) is 0.879. The SMILES string of the molecule is COc1ccnc(CNC2(CCl)CCC(C)CC2)c1OC. The number of aromatic nitrogens is 1. The highest BCUT2D eigenvalue weighted by Gasteiger charge is 2.33. The van der Waals surface area contributed by atoms with E-state index in [2.05, 4.69) is 17.2 Å². The molecule has 0 aliphatic heterocycles. The molecule has 0 unspecified atom stereocenters. The summed E-state index contributed by atoms with van der Waals surface area (Å²) in [4.78, 5) is 4.41. The smallest absolute Gasteiger partial charge is 0.183 e. The quantitative estimate of drug-likeness (QED) is 0.818. The summed E-state index contributed by atoms with van der Waals surface area (Å²) >= 11 is 6.24. The molecule has 1 N–H and O–H groups in total. The Morgan fingerprint density at radius 3 is 2.62 bits per heavy atom. The largest absolute Gasteiger partial charge is 0.493 e. The van der Waals surface area contributed by atoms with E-state index < -0.39 is 0 Å². The lowest BCUT2D eigenvalue weighted by Gasteiger charge is -2.39. The van der Waals surface area contributed by atoms with E-state index in [-0.39, 0.29) is 5.54 Å². The lowest BCUT2D eigenvalue weighted by atomic mass is 9.78. The fourth-order valence-electron chi connectivity index (χ4n) is 2.92. The zero-order valence-corrected chi connectivity index (χ0v) is 13.9. The second-order valence-electron chi connectivity index (χ2n) is 5.94. The lowest BCUT2D eigenvalue weighted by Crippen LogP contribution is -2.49. The normalized spacial score (nSPS) is 25.6. The Morgan fingerprint density at radius 2 is 2.05 bits per heavy atom. The Bertz CT molecular complexity index is 460. The van der Waals surface area contributed by atoms with E-state index in [1.807, 2.05) is 6.07 Å². The number of hydrogen-bond acceptors (Lipinski definition) is 4. The van der Waals surface area contributed by atoms with Crippen molar-refractivity contribution in [2.45, 2.75) is 44.7 Å². The lowest BCUT2D eigenvalue weighted by molar-refractivity contribution is 0.214. The van der Waals surface area contributed by atoms with E-state index >= 15 is 0 Å². The number of rotatable bonds is 6. The van der Waals surface area contributed by atoms with E-state index in [0.29, 0.717) is 23.9 Å². The van der Waals surface area contributed by atoms with Crippen LogP contribution in [0.5, 0.6) is 11.5 Å². The van der Waals surface area contributed by atoms with Crippen LogP contribution in [-0.4, -0.2) is 30.6 Å². The second kappa shape index (κ2) is 7.32. The average Bonchev–Trinajstić information content (AvgIpc) is 2.54. The van der Waals surface area contributed by atoms with E-state index in [0.717, 1.165) is 24.5 Å². The first-order valence-electron chi connectivity index (χ1n) is 7.51. The fourth-order valence-corrected chi connectivity index (χ4v) is 3.28. The fraction of sp³-hybridized carbons (Fsp3) is 0.688. The van der Waals surface area contributed by atoms with Gasteiger partial charge in [-0.2, -0.15) is 0 Å². The molecule has 1 saturated carbocycles. The van der Waals surface area contributed by atoms with Crippen LogP contribution in [0.4, 0.5) is 0 Å². The van der Waals surface area contributed by atoms with E-state index in [9.17, 15) is 0 Å². The molecule has 118 valence electrons. The number of halogens is 1. The van der Waals surface area contributed by atoms with Crippen molar-refractivity contribution >= 4 is 11.6 Å². The van der Waals surface area contributed by atoms with Crippen LogP contribution in [0, 0.1) is 5.92 Å². The molecule has 1 aromatic rings. The third-order valence-electron chi connectivity index (χ3n) is 4.48. The number of ether oxygens (including phenoxy) is 2. The van der Waals surface area contributed by atoms with Crippen molar-refractivity contribution in [3.8, 4) is 11.5 Å². The molecule has 0 spiro atoms. The van der Waals surface area contributed by atoms with Gasteiger partial charge in [0.05, 0.1) is 19.9 Å². The zero-order valence-electron chi connectivity index (χ0n) is 13.1. The monoisotopic (exact) mass is 312 g/mol. The first-order chi connectivity index (χ1) is 10.1. The molecule has 0 saturated heterocycles. The number of pyridine rings is 1. The van der Waals surface area contributed by atoms with Gasteiger partial charge in [0.25, 0.3) is 0 Å². The van der Waals surface area contributed by atoms with Crippen LogP contribution in [0.3, 0.4) is 0 Å². The summed E-state index contributed by atoms with van der Waals surface area (Å²) in [5.74, 6) is 2.84. The molecular weight excluding hydrogens is 288 g/mol. The number of nitrogens with zero attached hydrogens (tertiary/aromatic N) is 1. The highest BCUT2D eigenvalue weighted by Crippen LogP contribution is 2.34. The minimum atomic E-state index is 0.0177. The summed E-state index contributed by atoms with van der Waals surface area (Å²) < 4.78 is 10.7. The maximum absolute atomic E-state index is 6.24. The first kappa shape index (κ1) is 16.4. The number of nitrogens with one attached hydrogen (secondary N) is 1. The first-order valence-corrected chi connectivity index (χ1v) is 8.04. The van der Waals surface area contributed by atoms with Gasteiger partial charge in [-0.25, -0.2) is 0 Å². The maximum atomic E-state index is 6.24. The minimum Gasteiger partial charge on any atom is -0.493 e. The minimum absolute atomic E-state index is 0.0177. The van der Waals surface area contributed by atoms with Crippen molar-refractivity contribution < 1.29 is 9.47 Å². The standard InChI is InChI=1S/C16H25ClN2O2/c1-12-4-7-16(11-17,8-5-12)19-10-13-15(21-3)14(20-2)6-9-18-13/h6,9,12,19H,4-5,7-8,10-11H2,1-3H3. The molecule has 0 atom stereocenters. The molecule has 1 aliphatic rings. The Morgan fingerprint density at radius 1 is 1.33 bits per heavy atom. The highest BCUT2D eigenvalue weighted by molar-refractivity contribution is 6.18. The van der Waals surface area contributed by atoms with Crippen molar-refractivity contribution in [1.82, 2.24) is 10.3 Å². The van der Waals surface area contributed by atoms with Gasteiger partial charge in [0, 0.05) is 30.2 Å². The van der Waals surface area contributed by atoms with Crippen LogP contribution in [-0.2, 0) is 6.54 Å². The van der Waals surface area contributed by atoms with Crippen LogP contribution in [0.1, 0.15) is 38.3 Å². The molecule has 21 heavy (non-hydrogen) atoms. The number of hydrogen-bond donors (Lipinski definition) is 1. The van der Waals surface area contributed by atoms with Gasteiger partial charge in [-0.3, -0.25) is 4.98 Å². The summed E-state index contributed by atoms with van der Waals surface area (Å²) in [5, 5.41) is 3.62. The highest BCUT2D eigenvalue weighted by atomic mass is 35.5. The summed E-state index contributed by atoms with van der Waals surface area (Å²) in [6, 6.07) is 1.81. The van der Waals surface area contributed by atoms with Gasteiger partial charge in [0.1, 0.15) is 0 Å². The molecular formula is C16H25ClN2O2. The van der Waals surface area contributed by atoms with Crippen molar-refractivity contribution in [3.63, 3.8) is 0 Å². The van der Waals surface area contributed by atoms with Gasteiger partial charge < -0.3 is 14.8 Å². The Labute approximate surface area is 132 Å². The predicted octanol–water partition coefficient (Wildman–Crippen LogP) is 3.38. The molecule has 5 heteroatoms. The Balaban J connectivity index is 2.08. The molecule has 1 heterocycles. The van der Waals surface area contributed by atoms with Gasteiger partial charge in [-0.1, -0.05) is 6.92 Å². The number of alkyl halides is 1. The molecule has 0 radical (unpaired) electrons. The molecule has 0 amide bonds. The zero-order chi connectivity index (χ0) is 15.3. The summed E-state index contributed by atoms with van der Waals surface area (Å²) in [7, 11) is 3.28. The van der Waals surface area contributed by atoms with Crippen LogP contribution in [0.2, 0.25) is 0 Å². The van der Waals surface area contributed by atoms with Gasteiger partial charge in [-0.15, -0.1) is 11.6 Å². The van der Waals surface area contributed by atoms with Crippen molar-refractivity contribution in [3.05, 3.63) is 18.0 Å². The van der Waals surface area contributed by atoms with Crippen molar-refractivity contribution in [1.29, 1.82) is 0 Å². The van der Waals surface area contributed by atoms with Crippen LogP contribution >= 0.6 is 11.6 Å². The second-order valence-corrected chi connectivity index (χ2v) is 6.21. The molecule has 1 fully saturated rings. The van der Waals surface area contributed by atoms with Crippen molar-refractivity contribution in [2.24, 2.45) is 5.92 Å². The Kier molecular flexibility index (Phi) is 5.71. The third kappa shape index (κ3) is 3.80. The van der Waals surface area contributed by atoms with Crippen LogP contribution < -0.4 is 14.8 Å².